The number of methoxy groups -OCH3 is 1. The van der Waals surface area contributed by atoms with E-state index in [1.807, 2.05) is 19.1 Å². The van der Waals surface area contributed by atoms with Gasteiger partial charge in [-0.25, -0.2) is 9.18 Å². The highest BCUT2D eigenvalue weighted by Crippen LogP contribution is 2.18. The summed E-state index contributed by atoms with van der Waals surface area (Å²) in [7, 11) is -0.182. The van der Waals surface area contributed by atoms with Crippen LogP contribution in [0, 0.1) is 6.92 Å². The van der Waals surface area contributed by atoms with E-state index in [1.54, 1.807) is 19.1 Å². The highest BCUT2D eigenvalue weighted by atomic mass is 32.2. The van der Waals surface area contributed by atoms with Gasteiger partial charge in [0.1, 0.15) is 6.67 Å². The van der Waals surface area contributed by atoms with E-state index in [9.17, 15) is 13.4 Å². The Hall–Kier alpha value is -1.49. The van der Waals surface area contributed by atoms with Crippen molar-refractivity contribution in [2.24, 2.45) is 0 Å². The number of benzene rings is 1. The maximum absolute atomic E-state index is 12.9. The second kappa shape index (κ2) is 7.19. The molecule has 0 saturated carbocycles. The van der Waals surface area contributed by atoms with Crippen molar-refractivity contribution in [3.8, 4) is 0 Å². The van der Waals surface area contributed by atoms with Crippen molar-refractivity contribution in [2.45, 2.75) is 24.0 Å². The van der Waals surface area contributed by atoms with E-state index in [2.05, 4.69) is 4.74 Å². The first-order valence-electron chi connectivity index (χ1n) is 5.81. The molecule has 104 valence electrons. The number of carbonyl (C=O) groups is 1. The van der Waals surface area contributed by atoms with Gasteiger partial charge in [0.05, 0.1) is 23.2 Å². The highest BCUT2D eigenvalue weighted by molar-refractivity contribution is 7.85. The summed E-state index contributed by atoms with van der Waals surface area (Å²) >= 11 is 0. The molecule has 3 nitrogen and oxygen atoms in total. The van der Waals surface area contributed by atoms with Crippen LogP contribution in [-0.2, 0) is 20.3 Å². The summed E-state index contributed by atoms with van der Waals surface area (Å²) in [6, 6.07) is 7.18. The van der Waals surface area contributed by atoms with Gasteiger partial charge in [0, 0.05) is 11.0 Å². The molecule has 5 heteroatoms. The van der Waals surface area contributed by atoms with Crippen LogP contribution in [0.25, 0.3) is 0 Å². The summed E-state index contributed by atoms with van der Waals surface area (Å²) in [5.74, 6) is -0.639. The molecule has 0 aliphatic rings. The summed E-state index contributed by atoms with van der Waals surface area (Å²) in [6.07, 6.45) is 1.07. The Morgan fingerprint density at radius 1 is 1.42 bits per heavy atom. The zero-order chi connectivity index (χ0) is 14.4. The molecule has 0 N–H and O–H groups in total. The largest absolute Gasteiger partial charge is 0.466 e. The summed E-state index contributed by atoms with van der Waals surface area (Å²) in [5.41, 5.74) is 1.23. The van der Waals surface area contributed by atoms with E-state index < -0.39 is 28.7 Å². The van der Waals surface area contributed by atoms with Gasteiger partial charge in [-0.1, -0.05) is 17.7 Å². The highest BCUT2D eigenvalue weighted by Gasteiger charge is 2.19. The fourth-order valence-corrected chi connectivity index (χ4v) is 2.71. The Morgan fingerprint density at radius 3 is 2.47 bits per heavy atom. The first-order valence-corrected chi connectivity index (χ1v) is 7.02. The lowest BCUT2D eigenvalue weighted by molar-refractivity contribution is -0.134. The standard InChI is InChI=1S/C14H17FO3S/c1-10-4-6-13(7-5-10)19(17)11(2)12(9-15)8-14(16)18-3/h4-8,11H,9H2,1-3H3/b12-8-. The fraction of sp³-hybridized carbons (Fsp3) is 0.357. The van der Waals surface area contributed by atoms with Gasteiger partial charge in [-0.2, -0.15) is 0 Å². The molecule has 0 radical (unpaired) electrons. The van der Waals surface area contributed by atoms with Crippen LogP contribution in [0.15, 0.2) is 40.8 Å². The zero-order valence-corrected chi connectivity index (χ0v) is 12.0. The Bertz CT molecular complexity index is 494. The van der Waals surface area contributed by atoms with Gasteiger partial charge in [0.25, 0.3) is 0 Å². The maximum atomic E-state index is 12.9. The Labute approximate surface area is 114 Å². The van der Waals surface area contributed by atoms with E-state index in [-0.39, 0.29) is 5.57 Å². The molecule has 2 unspecified atom stereocenters. The van der Waals surface area contributed by atoms with Crippen molar-refractivity contribution < 1.29 is 18.1 Å². The summed E-state index contributed by atoms with van der Waals surface area (Å²) in [5, 5.41) is -0.577. The molecule has 0 saturated heterocycles. The summed E-state index contributed by atoms with van der Waals surface area (Å²) in [4.78, 5) is 11.7. The first-order chi connectivity index (χ1) is 8.99. The van der Waals surface area contributed by atoms with E-state index in [0.29, 0.717) is 4.90 Å². The average molecular weight is 284 g/mol. The number of alkyl halides is 1. The molecule has 0 spiro atoms. The maximum Gasteiger partial charge on any atom is 0.330 e. The molecule has 0 bridgehead atoms. The molecule has 2 atom stereocenters. The third-order valence-corrected chi connectivity index (χ3v) is 4.44. The van der Waals surface area contributed by atoms with Gasteiger partial charge in [-0.3, -0.25) is 4.21 Å². The Morgan fingerprint density at radius 2 is 2.00 bits per heavy atom. The fourth-order valence-electron chi connectivity index (χ4n) is 1.49. The molecule has 1 aromatic carbocycles. The molecule has 19 heavy (non-hydrogen) atoms. The third-order valence-electron chi connectivity index (χ3n) is 2.76. The first kappa shape index (κ1) is 15.6. The molecule has 1 aromatic rings. The SMILES string of the molecule is COC(=O)/C=C(/CF)C(C)S(=O)c1ccc(C)cc1. The Balaban J connectivity index is 2.94. The normalized spacial score (nSPS) is 14.8. The monoisotopic (exact) mass is 284 g/mol. The minimum atomic E-state index is -1.40. The number of ether oxygens (including phenoxy) is 1. The zero-order valence-electron chi connectivity index (χ0n) is 11.2. The van der Waals surface area contributed by atoms with Gasteiger partial charge in [0.15, 0.2) is 0 Å². The average Bonchev–Trinajstić information content (AvgIpc) is 2.43. The number of halogens is 1. The van der Waals surface area contributed by atoms with Crippen molar-refractivity contribution in [3.05, 3.63) is 41.5 Å². The smallest absolute Gasteiger partial charge is 0.330 e. The second-order valence-corrected chi connectivity index (χ2v) is 5.90. The predicted molar refractivity (Wildman–Crippen MR) is 73.1 cm³/mol. The Kier molecular flexibility index (Phi) is 5.89. The van der Waals surface area contributed by atoms with Crippen molar-refractivity contribution in [1.29, 1.82) is 0 Å². The van der Waals surface area contributed by atoms with Crippen molar-refractivity contribution in [1.82, 2.24) is 0 Å². The molecular weight excluding hydrogens is 267 g/mol. The van der Waals surface area contributed by atoms with Crippen molar-refractivity contribution in [3.63, 3.8) is 0 Å². The van der Waals surface area contributed by atoms with Gasteiger partial charge in [0.2, 0.25) is 0 Å². The van der Waals surface area contributed by atoms with E-state index in [0.717, 1.165) is 11.6 Å². The quantitative estimate of drug-likeness (QED) is 0.616. The molecule has 0 aliphatic heterocycles. The third kappa shape index (κ3) is 4.28. The lowest BCUT2D eigenvalue weighted by atomic mass is 10.2. The van der Waals surface area contributed by atoms with Crippen LogP contribution >= 0.6 is 0 Å². The van der Waals surface area contributed by atoms with Crippen LogP contribution in [-0.4, -0.2) is 29.2 Å². The number of aryl methyl sites for hydroxylation is 1. The van der Waals surface area contributed by atoms with Gasteiger partial charge < -0.3 is 4.74 Å². The van der Waals surface area contributed by atoms with Gasteiger partial charge in [-0.15, -0.1) is 0 Å². The topological polar surface area (TPSA) is 43.4 Å². The minimum absolute atomic E-state index is 0.172. The van der Waals surface area contributed by atoms with Crippen LogP contribution in [0.5, 0.6) is 0 Å². The van der Waals surface area contributed by atoms with E-state index in [1.165, 1.54) is 7.11 Å². The number of rotatable bonds is 5. The molecule has 0 aliphatic carbocycles. The van der Waals surface area contributed by atoms with Crippen LogP contribution in [0.2, 0.25) is 0 Å². The summed E-state index contributed by atoms with van der Waals surface area (Å²) < 4.78 is 29.7. The van der Waals surface area contributed by atoms with Crippen LogP contribution in [0.3, 0.4) is 0 Å². The predicted octanol–water partition coefficient (Wildman–Crippen LogP) is 2.56. The number of esters is 1. The molecule has 1 rings (SSSR count). The summed E-state index contributed by atoms with van der Waals surface area (Å²) in [6.45, 7) is 2.73. The van der Waals surface area contributed by atoms with Crippen molar-refractivity contribution >= 4 is 16.8 Å². The van der Waals surface area contributed by atoms with Crippen LogP contribution in [0.1, 0.15) is 12.5 Å². The van der Waals surface area contributed by atoms with Crippen LogP contribution in [0.4, 0.5) is 4.39 Å². The van der Waals surface area contributed by atoms with Gasteiger partial charge in [-0.05, 0) is 31.6 Å². The molecular formula is C14H17FO3S. The molecule has 0 heterocycles. The molecule has 0 amide bonds. The second-order valence-electron chi connectivity index (χ2n) is 4.13. The van der Waals surface area contributed by atoms with Crippen molar-refractivity contribution in [2.75, 3.05) is 13.8 Å². The molecule has 0 aromatic heterocycles. The molecule has 0 fully saturated rings. The number of hydrogen-bond donors (Lipinski definition) is 0. The van der Waals surface area contributed by atoms with Gasteiger partial charge >= 0.3 is 5.97 Å². The lowest BCUT2D eigenvalue weighted by Crippen LogP contribution is -2.17. The van der Waals surface area contributed by atoms with E-state index in [4.69, 9.17) is 0 Å². The van der Waals surface area contributed by atoms with E-state index >= 15 is 0 Å². The lowest BCUT2D eigenvalue weighted by Gasteiger charge is -2.13. The number of hydrogen-bond acceptors (Lipinski definition) is 3. The number of carbonyl (C=O) groups excluding carboxylic acids is 1. The minimum Gasteiger partial charge on any atom is -0.466 e. The van der Waals surface area contributed by atoms with Crippen LogP contribution < -0.4 is 0 Å².